The maximum atomic E-state index is 4.76. The lowest BCUT2D eigenvalue weighted by Crippen LogP contribution is -2.15. The van der Waals surface area contributed by atoms with Gasteiger partial charge in [0, 0.05) is 48.2 Å². The number of hydrogen-bond donors (Lipinski definition) is 1. The van der Waals surface area contributed by atoms with E-state index < -0.39 is 0 Å². The molecule has 0 saturated carbocycles. The van der Waals surface area contributed by atoms with E-state index in [1.807, 2.05) is 29.5 Å². The number of aryl methyl sites for hydroxylation is 2. The van der Waals surface area contributed by atoms with Gasteiger partial charge in [-0.1, -0.05) is 19.6 Å². The fraction of sp³-hybridized carbons (Fsp3) is 0.478. The number of nitrogens with one attached hydrogen (secondary N) is 1. The van der Waals surface area contributed by atoms with E-state index in [1.165, 1.54) is 22.2 Å². The Morgan fingerprint density at radius 3 is 2.61 bits per heavy atom. The van der Waals surface area contributed by atoms with E-state index in [0.29, 0.717) is 12.0 Å². The zero-order valence-electron chi connectivity index (χ0n) is 18.1. The summed E-state index contributed by atoms with van der Waals surface area (Å²) >= 11 is 0. The van der Waals surface area contributed by atoms with Crippen molar-refractivity contribution in [2.75, 3.05) is 6.54 Å². The number of allylic oxidation sites excluding steroid dienone is 1. The van der Waals surface area contributed by atoms with Crippen LogP contribution in [-0.2, 0) is 13.5 Å². The second-order valence-corrected chi connectivity index (χ2v) is 8.35. The highest BCUT2D eigenvalue weighted by Crippen LogP contribution is 2.31. The van der Waals surface area contributed by atoms with Crippen molar-refractivity contribution in [2.45, 2.75) is 53.5 Å². The normalized spacial score (nSPS) is 12.7. The van der Waals surface area contributed by atoms with Crippen LogP contribution >= 0.6 is 0 Å². The van der Waals surface area contributed by atoms with Gasteiger partial charge in [0.2, 0.25) is 0 Å². The van der Waals surface area contributed by atoms with Gasteiger partial charge in [-0.3, -0.25) is 9.36 Å². The molecule has 0 aliphatic heterocycles. The van der Waals surface area contributed by atoms with Crippen LogP contribution in [0.15, 0.2) is 36.8 Å². The summed E-state index contributed by atoms with van der Waals surface area (Å²) in [7, 11) is 2.02. The van der Waals surface area contributed by atoms with E-state index in [0.717, 1.165) is 36.2 Å². The zero-order chi connectivity index (χ0) is 20.4. The molecule has 0 spiro atoms. The molecular formula is C23H33N5. The third-order valence-electron chi connectivity index (χ3n) is 5.40. The molecule has 1 N–H and O–H groups in total. The lowest BCUT2D eigenvalue weighted by atomic mass is 9.92. The Morgan fingerprint density at radius 2 is 1.96 bits per heavy atom. The summed E-state index contributed by atoms with van der Waals surface area (Å²) in [5.41, 5.74) is 7.04. The Morgan fingerprint density at radius 1 is 1.21 bits per heavy atom. The van der Waals surface area contributed by atoms with Gasteiger partial charge in [-0.25, -0.2) is 0 Å². The molecule has 0 unspecified atom stereocenters. The number of nitrogens with zero attached hydrogens (tertiary/aromatic N) is 4. The molecule has 0 radical (unpaired) electrons. The van der Waals surface area contributed by atoms with Crippen molar-refractivity contribution in [3.05, 3.63) is 48.1 Å². The number of hydrogen-bond acceptors (Lipinski definition) is 3. The van der Waals surface area contributed by atoms with Crippen molar-refractivity contribution in [2.24, 2.45) is 13.0 Å². The van der Waals surface area contributed by atoms with E-state index in [4.69, 9.17) is 5.10 Å². The predicted octanol–water partition coefficient (Wildman–Crippen LogP) is 5.02. The topological polar surface area (TPSA) is 47.7 Å². The Hall–Kier alpha value is -2.56. The molecule has 3 rings (SSSR count). The van der Waals surface area contributed by atoms with E-state index >= 15 is 0 Å². The summed E-state index contributed by atoms with van der Waals surface area (Å²) in [6.07, 6.45) is 6.24. The monoisotopic (exact) mass is 379 g/mol. The summed E-state index contributed by atoms with van der Waals surface area (Å²) in [4.78, 5) is 0. The van der Waals surface area contributed by atoms with Gasteiger partial charge in [-0.2, -0.15) is 10.2 Å². The van der Waals surface area contributed by atoms with Gasteiger partial charge in [-0.15, -0.1) is 0 Å². The molecule has 1 aromatic carbocycles. The largest absolute Gasteiger partial charge is 0.389 e. The molecule has 1 atom stereocenters. The third kappa shape index (κ3) is 4.29. The van der Waals surface area contributed by atoms with Crippen LogP contribution in [0.3, 0.4) is 0 Å². The average molecular weight is 380 g/mol. The van der Waals surface area contributed by atoms with Gasteiger partial charge in [-0.05, 0) is 63.6 Å². The summed E-state index contributed by atoms with van der Waals surface area (Å²) in [5.74, 6) is 0.572. The Kier molecular flexibility index (Phi) is 5.92. The third-order valence-corrected chi connectivity index (χ3v) is 5.40. The smallest absolute Gasteiger partial charge is 0.0935 e. The molecule has 5 heteroatoms. The van der Waals surface area contributed by atoms with Crippen LogP contribution in [-0.4, -0.2) is 26.1 Å². The highest BCUT2D eigenvalue weighted by Gasteiger charge is 2.16. The molecule has 0 amide bonds. The van der Waals surface area contributed by atoms with Crippen molar-refractivity contribution in [1.82, 2.24) is 24.9 Å². The number of aromatic nitrogens is 4. The van der Waals surface area contributed by atoms with Crippen molar-refractivity contribution in [3.8, 4) is 11.1 Å². The summed E-state index contributed by atoms with van der Waals surface area (Å²) < 4.78 is 4.00. The van der Waals surface area contributed by atoms with Gasteiger partial charge >= 0.3 is 0 Å². The minimum atomic E-state index is 0.356. The minimum Gasteiger partial charge on any atom is -0.389 e. The maximum Gasteiger partial charge on any atom is 0.0935 e. The molecule has 150 valence electrons. The van der Waals surface area contributed by atoms with Gasteiger partial charge in [0.05, 0.1) is 11.7 Å². The van der Waals surface area contributed by atoms with Crippen LogP contribution in [0.25, 0.3) is 22.0 Å². The van der Waals surface area contributed by atoms with Crippen LogP contribution in [0.5, 0.6) is 0 Å². The predicted molar refractivity (Wildman–Crippen MR) is 117 cm³/mol. The lowest BCUT2D eigenvalue weighted by Gasteiger charge is -2.15. The number of benzene rings is 1. The standard InChI is InChI=1S/C23H33N5/c1-15(2)24-9-8-17(5)10-20-11-19(21-13-25-28(14-21)16(3)4)12-22-23(20)18(6)27(7)26-22/h11-14,16-17,24H,1,8-10H2,2-7H3/t17-/m1/s1. The fourth-order valence-corrected chi connectivity index (χ4v) is 3.69. The minimum absolute atomic E-state index is 0.356. The highest BCUT2D eigenvalue weighted by atomic mass is 15.3. The fourth-order valence-electron chi connectivity index (χ4n) is 3.69. The van der Waals surface area contributed by atoms with Gasteiger partial charge < -0.3 is 5.32 Å². The Labute approximate surface area is 168 Å². The van der Waals surface area contributed by atoms with Crippen LogP contribution in [0.2, 0.25) is 0 Å². The van der Waals surface area contributed by atoms with Crippen molar-refractivity contribution in [3.63, 3.8) is 0 Å². The lowest BCUT2D eigenvalue weighted by molar-refractivity contribution is 0.517. The molecular weight excluding hydrogens is 346 g/mol. The van der Waals surface area contributed by atoms with Crippen LogP contribution in [0.1, 0.15) is 51.4 Å². The molecule has 0 saturated heterocycles. The molecule has 0 fully saturated rings. The molecule has 0 bridgehead atoms. The van der Waals surface area contributed by atoms with E-state index in [9.17, 15) is 0 Å². The number of fused-ring (bicyclic) bond motifs is 1. The summed E-state index contributed by atoms with van der Waals surface area (Å²) in [6, 6.07) is 4.89. The Balaban J connectivity index is 1.95. The van der Waals surface area contributed by atoms with Gasteiger partial charge in [0.1, 0.15) is 0 Å². The first-order valence-corrected chi connectivity index (χ1v) is 10.2. The number of rotatable bonds is 8. The van der Waals surface area contributed by atoms with Crippen LogP contribution in [0, 0.1) is 12.8 Å². The van der Waals surface area contributed by atoms with E-state index in [-0.39, 0.29) is 0 Å². The molecule has 0 aliphatic rings. The molecule has 0 aliphatic carbocycles. The SMILES string of the molecule is C=C(C)NCC[C@@H](C)Cc1cc(-c2cnn(C(C)C)c2)cc2nn(C)c(C)c12. The Bertz CT molecular complexity index is 976. The zero-order valence-corrected chi connectivity index (χ0v) is 18.1. The van der Waals surface area contributed by atoms with Crippen molar-refractivity contribution >= 4 is 10.9 Å². The molecule has 3 aromatic rings. The highest BCUT2D eigenvalue weighted by molar-refractivity contribution is 5.89. The van der Waals surface area contributed by atoms with Gasteiger partial charge in [0.25, 0.3) is 0 Å². The second-order valence-electron chi connectivity index (χ2n) is 8.35. The second kappa shape index (κ2) is 8.21. The molecule has 2 aromatic heterocycles. The van der Waals surface area contributed by atoms with Crippen LogP contribution < -0.4 is 5.32 Å². The quantitative estimate of drug-likeness (QED) is 0.598. The molecule has 2 heterocycles. The van der Waals surface area contributed by atoms with Crippen LogP contribution in [0.4, 0.5) is 0 Å². The maximum absolute atomic E-state index is 4.76. The van der Waals surface area contributed by atoms with Crippen molar-refractivity contribution < 1.29 is 0 Å². The van der Waals surface area contributed by atoms with E-state index in [2.05, 4.69) is 63.0 Å². The first-order chi connectivity index (χ1) is 13.3. The molecule has 28 heavy (non-hydrogen) atoms. The first kappa shape index (κ1) is 20.2. The summed E-state index contributed by atoms with van der Waals surface area (Å²) in [5, 5.41) is 13.9. The van der Waals surface area contributed by atoms with E-state index in [1.54, 1.807) is 0 Å². The first-order valence-electron chi connectivity index (χ1n) is 10.2. The van der Waals surface area contributed by atoms with Gasteiger partial charge in [0.15, 0.2) is 0 Å². The molecule has 5 nitrogen and oxygen atoms in total. The average Bonchev–Trinajstić information content (AvgIpc) is 3.20. The van der Waals surface area contributed by atoms with Crippen molar-refractivity contribution in [1.29, 1.82) is 0 Å². The summed E-state index contributed by atoms with van der Waals surface area (Å²) in [6.45, 7) is 15.7.